The number of fused-ring (bicyclic) bond motifs is 2. The molecule has 5 aromatic rings. The molecule has 2 aliphatic heterocycles. The third-order valence-corrected chi connectivity index (χ3v) is 9.76. The van der Waals surface area contributed by atoms with Crippen LogP contribution in [0.3, 0.4) is 0 Å². The minimum Gasteiger partial charge on any atom is -0.357 e. The van der Waals surface area contributed by atoms with Gasteiger partial charge < -0.3 is 24.9 Å². The molecule has 2 N–H and O–H groups in total. The van der Waals surface area contributed by atoms with E-state index < -0.39 is 0 Å². The summed E-state index contributed by atoms with van der Waals surface area (Å²) in [5.41, 5.74) is 11.2. The second kappa shape index (κ2) is 11.3. The molecule has 2 fully saturated rings. The Morgan fingerprint density at radius 2 is 1.78 bits per heavy atom. The number of carbonyl (C=O) groups excluding carboxylic acids is 2. The molecule has 1 unspecified atom stereocenters. The number of amides is 1. The van der Waals surface area contributed by atoms with Crippen LogP contribution < -0.4 is 10.2 Å². The van der Waals surface area contributed by atoms with Gasteiger partial charge in [-0.3, -0.25) is 4.79 Å². The van der Waals surface area contributed by atoms with Gasteiger partial charge in [0.15, 0.2) is 0 Å². The SMILES string of the molecule is Cc1c(-c2ncnc3[nH]c(-c4ccc(C(=O)N5CCNCC5)cc4)cc23)cccc1N1CCc2cc(C3CC3)ccc2C1C=O. The molecule has 8 nitrogen and oxygen atoms in total. The molecule has 1 saturated carbocycles. The lowest BCUT2D eigenvalue weighted by molar-refractivity contribution is -0.109. The van der Waals surface area contributed by atoms with Crippen LogP contribution in [0, 0.1) is 6.92 Å². The number of aromatic amines is 1. The van der Waals surface area contributed by atoms with Gasteiger partial charge in [-0.25, -0.2) is 9.97 Å². The normalized spacial score (nSPS) is 18.2. The smallest absolute Gasteiger partial charge is 0.253 e. The molecule has 2 aromatic heterocycles. The van der Waals surface area contributed by atoms with Crippen LogP contribution >= 0.6 is 0 Å². The number of nitrogens with zero attached hydrogens (tertiary/aromatic N) is 4. The molecule has 1 aliphatic carbocycles. The van der Waals surface area contributed by atoms with E-state index in [0.29, 0.717) is 11.5 Å². The van der Waals surface area contributed by atoms with E-state index in [4.69, 9.17) is 4.98 Å². The highest BCUT2D eigenvalue weighted by atomic mass is 16.2. The molecule has 0 bridgehead atoms. The first-order valence-corrected chi connectivity index (χ1v) is 16.0. The molecular weight excluding hydrogens is 560 g/mol. The van der Waals surface area contributed by atoms with Gasteiger partial charge in [0.1, 0.15) is 24.3 Å². The van der Waals surface area contributed by atoms with Crippen molar-refractivity contribution in [3.8, 4) is 22.5 Å². The van der Waals surface area contributed by atoms with Gasteiger partial charge >= 0.3 is 0 Å². The first-order valence-electron chi connectivity index (χ1n) is 16.0. The Morgan fingerprint density at radius 1 is 0.956 bits per heavy atom. The second-order valence-electron chi connectivity index (χ2n) is 12.5. The van der Waals surface area contributed by atoms with Crippen LogP contribution in [0.4, 0.5) is 5.69 Å². The van der Waals surface area contributed by atoms with Crippen molar-refractivity contribution < 1.29 is 9.59 Å². The molecule has 1 saturated heterocycles. The van der Waals surface area contributed by atoms with Gasteiger partial charge in [-0.05, 0) is 84.2 Å². The van der Waals surface area contributed by atoms with Crippen molar-refractivity contribution in [2.24, 2.45) is 0 Å². The maximum atomic E-state index is 13.0. The number of rotatable bonds is 6. The second-order valence-corrected chi connectivity index (χ2v) is 12.5. The molecule has 3 aliphatic rings. The number of aromatic nitrogens is 3. The number of aldehydes is 1. The maximum Gasteiger partial charge on any atom is 0.253 e. The van der Waals surface area contributed by atoms with Crippen molar-refractivity contribution in [1.82, 2.24) is 25.2 Å². The average molecular weight is 597 g/mol. The molecule has 8 rings (SSSR count). The fourth-order valence-corrected chi connectivity index (χ4v) is 7.11. The van der Waals surface area contributed by atoms with Gasteiger partial charge in [0.2, 0.25) is 0 Å². The Balaban J connectivity index is 1.10. The number of H-pyrrole nitrogens is 1. The first kappa shape index (κ1) is 27.7. The van der Waals surface area contributed by atoms with Gasteiger partial charge in [-0.15, -0.1) is 0 Å². The molecule has 0 radical (unpaired) electrons. The van der Waals surface area contributed by atoms with Crippen LogP contribution in [0.2, 0.25) is 0 Å². The molecular formula is C37H36N6O2. The average Bonchev–Trinajstić information content (AvgIpc) is 3.85. The fraction of sp³-hybridized carbons (Fsp3) is 0.297. The molecule has 4 heterocycles. The Bertz CT molecular complexity index is 1920. The minimum absolute atomic E-state index is 0.0697. The third-order valence-electron chi connectivity index (χ3n) is 9.76. The van der Waals surface area contributed by atoms with Crippen LogP contribution in [0.5, 0.6) is 0 Å². The Kier molecular flexibility index (Phi) is 6.94. The van der Waals surface area contributed by atoms with Crippen molar-refractivity contribution >= 4 is 28.9 Å². The van der Waals surface area contributed by atoms with Crippen LogP contribution in [-0.2, 0) is 11.2 Å². The molecule has 45 heavy (non-hydrogen) atoms. The molecule has 1 atom stereocenters. The largest absolute Gasteiger partial charge is 0.357 e. The lowest BCUT2D eigenvalue weighted by atomic mass is 9.89. The monoisotopic (exact) mass is 596 g/mol. The number of piperazine rings is 1. The van der Waals surface area contributed by atoms with E-state index in [1.807, 2.05) is 29.2 Å². The summed E-state index contributed by atoms with van der Waals surface area (Å²) in [7, 11) is 0. The molecule has 226 valence electrons. The third kappa shape index (κ3) is 4.99. The standard InChI is InChI=1S/C37H36N6O2/c1-23-29(3-2-4-33(23)43-16-13-28-19-27(24-5-6-24)11-12-30(28)34(43)21-44)35-31-20-32(41-36(31)40-22-39-35)25-7-9-26(10-8-25)37(45)42-17-14-38-15-18-42/h2-4,7-12,19-22,24,34,38H,5-6,13-18H2,1H3,(H,39,40,41). The summed E-state index contributed by atoms with van der Waals surface area (Å²) in [6.07, 6.45) is 6.16. The zero-order chi connectivity index (χ0) is 30.5. The van der Waals surface area contributed by atoms with E-state index in [-0.39, 0.29) is 11.9 Å². The van der Waals surface area contributed by atoms with Crippen LogP contribution in [-0.4, -0.2) is 64.8 Å². The zero-order valence-corrected chi connectivity index (χ0v) is 25.4. The highest BCUT2D eigenvalue weighted by molar-refractivity contribution is 5.97. The predicted molar refractivity (Wildman–Crippen MR) is 177 cm³/mol. The first-order chi connectivity index (χ1) is 22.1. The van der Waals surface area contributed by atoms with Crippen molar-refractivity contribution in [2.75, 3.05) is 37.6 Å². The fourth-order valence-electron chi connectivity index (χ4n) is 7.11. The lowest BCUT2D eigenvalue weighted by Crippen LogP contribution is -2.46. The quantitative estimate of drug-likeness (QED) is 0.240. The molecule has 3 aromatic carbocycles. The number of hydrogen-bond acceptors (Lipinski definition) is 6. The van der Waals surface area contributed by atoms with E-state index in [0.717, 1.165) is 95.8 Å². The van der Waals surface area contributed by atoms with Crippen molar-refractivity contribution in [2.45, 2.75) is 38.1 Å². The maximum absolute atomic E-state index is 13.0. The van der Waals surface area contributed by atoms with Crippen LogP contribution in [0.25, 0.3) is 33.5 Å². The number of benzene rings is 3. The van der Waals surface area contributed by atoms with Gasteiger partial charge in [-0.2, -0.15) is 0 Å². The summed E-state index contributed by atoms with van der Waals surface area (Å²) < 4.78 is 0. The summed E-state index contributed by atoms with van der Waals surface area (Å²) in [6, 6.07) is 22.5. The van der Waals surface area contributed by atoms with Crippen LogP contribution in [0.1, 0.15) is 57.4 Å². The van der Waals surface area contributed by atoms with Crippen molar-refractivity contribution in [3.05, 3.63) is 101 Å². The summed E-state index contributed by atoms with van der Waals surface area (Å²) in [6.45, 7) is 6.02. The Hall–Kier alpha value is -4.82. The molecule has 1 amide bonds. The predicted octanol–water partition coefficient (Wildman–Crippen LogP) is 5.83. The Labute approximate surface area is 262 Å². The van der Waals surface area contributed by atoms with E-state index >= 15 is 0 Å². The molecule has 0 spiro atoms. The van der Waals surface area contributed by atoms with Crippen LogP contribution in [0.15, 0.2) is 73.1 Å². The lowest BCUT2D eigenvalue weighted by Gasteiger charge is -2.37. The Morgan fingerprint density at radius 3 is 2.56 bits per heavy atom. The highest BCUT2D eigenvalue weighted by Gasteiger charge is 2.31. The zero-order valence-electron chi connectivity index (χ0n) is 25.4. The van der Waals surface area contributed by atoms with Gasteiger partial charge in [0.25, 0.3) is 5.91 Å². The number of hydrogen-bond donors (Lipinski definition) is 2. The van der Waals surface area contributed by atoms with E-state index in [2.05, 4.69) is 69.6 Å². The minimum atomic E-state index is -0.318. The number of anilines is 1. The van der Waals surface area contributed by atoms with Gasteiger partial charge in [0.05, 0.1) is 5.69 Å². The van der Waals surface area contributed by atoms with E-state index in [1.54, 1.807) is 6.33 Å². The topological polar surface area (TPSA) is 94.2 Å². The van der Waals surface area contributed by atoms with Gasteiger partial charge in [-0.1, -0.05) is 42.5 Å². The highest BCUT2D eigenvalue weighted by Crippen LogP contribution is 2.43. The summed E-state index contributed by atoms with van der Waals surface area (Å²) in [5.74, 6) is 0.770. The van der Waals surface area contributed by atoms with Crippen molar-refractivity contribution in [1.29, 1.82) is 0 Å². The number of carbonyl (C=O) groups is 2. The van der Waals surface area contributed by atoms with E-state index in [1.165, 1.54) is 24.0 Å². The molecule has 8 heteroatoms. The van der Waals surface area contributed by atoms with Gasteiger partial charge in [0, 0.05) is 60.6 Å². The van der Waals surface area contributed by atoms with E-state index in [9.17, 15) is 9.59 Å². The summed E-state index contributed by atoms with van der Waals surface area (Å²) >= 11 is 0. The summed E-state index contributed by atoms with van der Waals surface area (Å²) in [5, 5.41) is 4.22. The van der Waals surface area contributed by atoms with Crippen molar-refractivity contribution in [3.63, 3.8) is 0 Å². The summed E-state index contributed by atoms with van der Waals surface area (Å²) in [4.78, 5) is 42.4. The number of nitrogens with one attached hydrogen (secondary N) is 2.